The molecule has 0 fully saturated rings. The van der Waals surface area contributed by atoms with Gasteiger partial charge >= 0.3 is 0 Å². The van der Waals surface area contributed by atoms with Gasteiger partial charge in [0.15, 0.2) is 5.75 Å². The van der Waals surface area contributed by atoms with Gasteiger partial charge in [0.25, 0.3) is 0 Å². The monoisotopic (exact) mass is 443 g/mol. The van der Waals surface area contributed by atoms with Crippen molar-refractivity contribution in [3.8, 4) is 5.75 Å². The Bertz CT molecular complexity index is 1320. The number of fused-ring (bicyclic) bond motifs is 1. The number of thiazole rings is 1. The van der Waals surface area contributed by atoms with Crippen molar-refractivity contribution in [3.63, 3.8) is 0 Å². The first-order valence-corrected chi connectivity index (χ1v) is 10.4. The average Bonchev–Trinajstić information content (AvgIpc) is 3.05. The molecule has 0 unspecified atom stereocenters. The number of aromatic nitrogens is 2. The Morgan fingerprint density at radius 2 is 2.03 bits per heavy atom. The predicted molar refractivity (Wildman–Crippen MR) is 120 cm³/mol. The fourth-order valence-electron chi connectivity index (χ4n) is 3.25. The van der Waals surface area contributed by atoms with E-state index in [0.29, 0.717) is 12.4 Å². The molecule has 0 amide bonds. The molecule has 4 rings (SSSR count). The van der Waals surface area contributed by atoms with Crippen LogP contribution in [-0.2, 0) is 6.54 Å². The molecule has 0 bridgehead atoms. The molecular formula is C22H19ClFN3O2S. The molecule has 1 N–H and O–H groups in total. The maximum absolute atomic E-state index is 13.5. The van der Waals surface area contributed by atoms with E-state index in [1.54, 1.807) is 29.7 Å². The first-order chi connectivity index (χ1) is 14.3. The van der Waals surface area contributed by atoms with Crippen LogP contribution in [0.4, 0.5) is 15.9 Å². The molecule has 0 saturated carbocycles. The van der Waals surface area contributed by atoms with Crippen molar-refractivity contribution in [1.29, 1.82) is 0 Å². The minimum absolute atomic E-state index is 0.0527. The number of hydrogen-bond acceptors (Lipinski definition) is 5. The third-order valence-electron chi connectivity index (χ3n) is 4.75. The van der Waals surface area contributed by atoms with Crippen LogP contribution < -0.4 is 15.5 Å². The van der Waals surface area contributed by atoms with Crippen molar-refractivity contribution in [2.45, 2.75) is 20.4 Å². The predicted octanol–water partition coefficient (Wildman–Crippen LogP) is 5.67. The lowest BCUT2D eigenvalue weighted by molar-refractivity contribution is 0.406. The molecule has 4 aromatic rings. The van der Waals surface area contributed by atoms with E-state index in [0.717, 1.165) is 32.0 Å². The van der Waals surface area contributed by atoms with Crippen molar-refractivity contribution >= 4 is 44.7 Å². The summed E-state index contributed by atoms with van der Waals surface area (Å²) in [7, 11) is 1.45. The maximum atomic E-state index is 13.5. The van der Waals surface area contributed by atoms with Crippen molar-refractivity contribution in [2.75, 3.05) is 12.4 Å². The zero-order chi connectivity index (χ0) is 21.4. The van der Waals surface area contributed by atoms with E-state index in [4.69, 9.17) is 16.3 Å². The number of halogens is 2. The van der Waals surface area contributed by atoms with Gasteiger partial charge in [0.2, 0.25) is 5.43 Å². The highest BCUT2D eigenvalue weighted by Gasteiger charge is 2.12. The minimum atomic E-state index is -0.472. The quantitative estimate of drug-likeness (QED) is 0.432. The van der Waals surface area contributed by atoms with Crippen molar-refractivity contribution in [2.24, 2.45) is 0 Å². The van der Waals surface area contributed by atoms with Crippen LogP contribution in [0.5, 0.6) is 5.75 Å². The molecule has 2 aromatic carbocycles. The van der Waals surface area contributed by atoms with E-state index in [9.17, 15) is 9.18 Å². The number of aryl methyl sites for hydroxylation is 2. The average molecular weight is 444 g/mol. The molecule has 5 nitrogen and oxygen atoms in total. The summed E-state index contributed by atoms with van der Waals surface area (Å²) in [5, 5.41) is 4.41. The SMILES string of the molecule is COc1cn(Cc2ccc(F)c(Cl)c2)c(Nc2cc3sc(C)nc3cc2C)cc1=O. The summed E-state index contributed by atoms with van der Waals surface area (Å²) in [6.45, 7) is 4.34. The Labute approximate surface area is 181 Å². The summed E-state index contributed by atoms with van der Waals surface area (Å²) in [6.07, 6.45) is 1.63. The van der Waals surface area contributed by atoms with E-state index in [1.165, 1.54) is 19.2 Å². The number of methoxy groups -OCH3 is 1. The van der Waals surface area contributed by atoms with E-state index in [1.807, 2.05) is 30.5 Å². The molecule has 0 aliphatic carbocycles. The highest BCUT2D eigenvalue weighted by atomic mass is 35.5. The largest absolute Gasteiger partial charge is 0.491 e. The van der Waals surface area contributed by atoms with Crippen LogP contribution in [0.3, 0.4) is 0 Å². The highest BCUT2D eigenvalue weighted by Crippen LogP contribution is 2.30. The van der Waals surface area contributed by atoms with Crippen LogP contribution >= 0.6 is 22.9 Å². The molecule has 0 radical (unpaired) electrons. The molecule has 0 saturated heterocycles. The molecule has 0 spiro atoms. The molecule has 30 heavy (non-hydrogen) atoms. The molecule has 8 heteroatoms. The number of hydrogen-bond donors (Lipinski definition) is 1. The van der Waals surface area contributed by atoms with E-state index >= 15 is 0 Å². The van der Waals surface area contributed by atoms with Crippen LogP contribution in [0.15, 0.2) is 47.4 Å². The fraction of sp³-hybridized carbons (Fsp3) is 0.182. The number of benzene rings is 2. The Balaban J connectivity index is 1.76. The highest BCUT2D eigenvalue weighted by molar-refractivity contribution is 7.18. The summed E-state index contributed by atoms with van der Waals surface area (Å²) >= 11 is 7.55. The van der Waals surface area contributed by atoms with Crippen molar-refractivity contribution in [1.82, 2.24) is 9.55 Å². The number of anilines is 2. The zero-order valence-corrected chi connectivity index (χ0v) is 18.2. The lowest BCUT2D eigenvalue weighted by Gasteiger charge is -2.18. The second kappa shape index (κ2) is 8.08. The van der Waals surface area contributed by atoms with Gasteiger partial charge in [-0.05, 0) is 49.2 Å². The Morgan fingerprint density at radius 3 is 2.77 bits per heavy atom. The fourth-order valence-corrected chi connectivity index (χ4v) is 4.30. The topological polar surface area (TPSA) is 56.1 Å². The van der Waals surface area contributed by atoms with Crippen LogP contribution in [0.1, 0.15) is 16.1 Å². The summed E-state index contributed by atoms with van der Waals surface area (Å²) in [6, 6.07) is 10.1. The van der Waals surface area contributed by atoms with Crippen LogP contribution in [0.2, 0.25) is 5.02 Å². The van der Waals surface area contributed by atoms with E-state index in [2.05, 4.69) is 10.3 Å². The van der Waals surface area contributed by atoms with Gasteiger partial charge in [-0.15, -0.1) is 11.3 Å². The van der Waals surface area contributed by atoms with Gasteiger partial charge in [-0.25, -0.2) is 9.37 Å². The standard InChI is InChI=1S/C22H19ClFN3O2S/c1-12-6-18-21(30-13(2)25-18)8-17(12)26-22-9-19(28)20(29-3)11-27(22)10-14-4-5-16(24)15(23)7-14/h4-9,11,26H,10H2,1-3H3. The summed E-state index contributed by atoms with van der Waals surface area (Å²) in [5.74, 6) is 0.337. The van der Waals surface area contributed by atoms with Gasteiger partial charge < -0.3 is 14.6 Å². The van der Waals surface area contributed by atoms with E-state index < -0.39 is 5.82 Å². The number of nitrogens with one attached hydrogen (secondary N) is 1. The smallest absolute Gasteiger partial charge is 0.225 e. The van der Waals surface area contributed by atoms with Gasteiger partial charge in [-0.1, -0.05) is 17.7 Å². The van der Waals surface area contributed by atoms with Crippen LogP contribution in [0.25, 0.3) is 10.2 Å². The molecule has 0 aliphatic heterocycles. The van der Waals surface area contributed by atoms with Gasteiger partial charge in [-0.3, -0.25) is 4.79 Å². The van der Waals surface area contributed by atoms with Gasteiger partial charge in [-0.2, -0.15) is 0 Å². The normalized spacial score (nSPS) is 11.1. The number of rotatable bonds is 5. The maximum Gasteiger partial charge on any atom is 0.225 e. The summed E-state index contributed by atoms with van der Waals surface area (Å²) in [4.78, 5) is 16.9. The second-order valence-electron chi connectivity index (χ2n) is 6.96. The first kappa shape index (κ1) is 20.4. The Kier molecular flexibility index (Phi) is 5.49. The number of pyridine rings is 1. The summed E-state index contributed by atoms with van der Waals surface area (Å²) in [5.41, 5.74) is 3.39. The van der Waals surface area contributed by atoms with Crippen molar-refractivity contribution in [3.05, 3.63) is 79.8 Å². The third kappa shape index (κ3) is 4.04. The molecule has 0 aliphatic rings. The van der Waals surface area contributed by atoms with Gasteiger partial charge in [0, 0.05) is 18.3 Å². The van der Waals surface area contributed by atoms with E-state index in [-0.39, 0.29) is 16.2 Å². The molecule has 154 valence electrons. The van der Waals surface area contributed by atoms with Crippen molar-refractivity contribution < 1.29 is 9.13 Å². The number of nitrogens with zero attached hydrogens (tertiary/aromatic N) is 2. The lowest BCUT2D eigenvalue weighted by atomic mass is 10.2. The van der Waals surface area contributed by atoms with Gasteiger partial charge in [0.05, 0.1) is 33.6 Å². The minimum Gasteiger partial charge on any atom is -0.491 e. The molecule has 2 heterocycles. The lowest BCUT2D eigenvalue weighted by Crippen LogP contribution is -2.14. The number of ether oxygens (including phenoxy) is 1. The first-order valence-electron chi connectivity index (χ1n) is 9.21. The molecule has 2 aromatic heterocycles. The molecule has 0 atom stereocenters. The second-order valence-corrected chi connectivity index (χ2v) is 8.60. The zero-order valence-electron chi connectivity index (χ0n) is 16.6. The Hall–Kier alpha value is -2.90. The summed E-state index contributed by atoms with van der Waals surface area (Å²) < 4.78 is 21.6. The van der Waals surface area contributed by atoms with Crippen LogP contribution in [-0.4, -0.2) is 16.7 Å². The van der Waals surface area contributed by atoms with Gasteiger partial charge in [0.1, 0.15) is 11.6 Å². The Morgan fingerprint density at radius 1 is 1.23 bits per heavy atom. The third-order valence-corrected chi connectivity index (χ3v) is 5.98. The van der Waals surface area contributed by atoms with Crippen LogP contribution in [0, 0.1) is 19.7 Å². The molecular weight excluding hydrogens is 425 g/mol.